The third kappa shape index (κ3) is 3.95. The van der Waals surface area contributed by atoms with Crippen LogP contribution < -0.4 is 0 Å². The van der Waals surface area contributed by atoms with Crippen molar-refractivity contribution in [1.29, 1.82) is 0 Å². The SMILES string of the molecule is CC(=O)OC1=CC2=CC[C@H]3[C@@H]4CC[C@H](OC(=O)C(F)(F)C(F)(F)C(F)(F)F)[C@@]4(C)CC[C@@H]3[C@@]2(C)CC1. The lowest BCUT2D eigenvalue weighted by molar-refractivity contribution is -0.349. The van der Waals surface area contributed by atoms with Crippen LogP contribution in [0, 0.1) is 28.6 Å². The van der Waals surface area contributed by atoms with E-state index in [1.807, 2.05) is 6.08 Å². The molecule has 4 nitrogen and oxygen atoms in total. The summed E-state index contributed by atoms with van der Waals surface area (Å²) >= 11 is 0. The van der Waals surface area contributed by atoms with E-state index in [1.54, 1.807) is 6.92 Å². The van der Waals surface area contributed by atoms with Crippen molar-refractivity contribution in [2.75, 3.05) is 0 Å². The van der Waals surface area contributed by atoms with Gasteiger partial charge in [0.15, 0.2) is 0 Å². The minimum atomic E-state index is -6.60. The Labute approximate surface area is 204 Å². The Hall–Kier alpha value is -2.07. The minimum absolute atomic E-state index is 0.0701. The Bertz CT molecular complexity index is 1000. The van der Waals surface area contributed by atoms with E-state index in [4.69, 9.17) is 9.47 Å². The van der Waals surface area contributed by atoms with Gasteiger partial charge in [-0.3, -0.25) is 4.79 Å². The van der Waals surface area contributed by atoms with Gasteiger partial charge >= 0.3 is 30.0 Å². The number of carbonyl (C=O) groups excluding carboxylic acids is 2. The van der Waals surface area contributed by atoms with Gasteiger partial charge in [0, 0.05) is 18.8 Å². The Kier molecular flexibility index (Phi) is 6.35. The summed E-state index contributed by atoms with van der Waals surface area (Å²) in [7, 11) is 0. The molecule has 4 aliphatic carbocycles. The summed E-state index contributed by atoms with van der Waals surface area (Å²) in [6.07, 6.45) is -0.0781. The van der Waals surface area contributed by atoms with Crippen LogP contribution in [0.1, 0.15) is 65.7 Å². The maximum atomic E-state index is 13.9. The van der Waals surface area contributed by atoms with Crippen LogP contribution >= 0.6 is 0 Å². The maximum Gasteiger partial charge on any atom is 0.460 e. The Morgan fingerprint density at radius 3 is 2.25 bits per heavy atom. The smallest absolute Gasteiger partial charge is 0.457 e. The lowest BCUT2D eigenvalue weighted by Crippen LogP contribution is -2.58. The van der Waals surface area contributed by atoms with Gasteiger partial charge in [0.1, 0.15) is 11.9 Å². The van der Waals surface area contributed by atoms with E-state index in [0.717, 1.165) is 12.0 Å². The molecule has 4 aliphatic rings. The van der Waals surface area contributed by atoms with E-state index in [1.165, 1.54) is 6.92 Å². The number of esters is 2. The summed E-state index contributed by atoms with van der Waals surface area (Å²) in [5, 5.41) is 0. The lowest BCUT2D eigenvalue weighted by atomic mass is 9.48. The van der Waals surface area contributed by atoms with Crippen molar-refractivity contribution in [2.24, 2.45) is 28.6 Å². The van der Waals surface area contributed by atoms with Crippen LogP contribution in [-0.4, -0.2) is 36.1 Å². The highest BCUT2D eigenvalue weighted by atomic mass is 19.4. The second kappa shape index (κ2) is 8.48. The lowest BCUT2D eigenvalue weighted by Gasteiger charge is -2.56. The van der Waals surface area contributed by atoms with Crippen LogP contribution in [-0.2, 0) is 19.1 Å². The topological polar surface area (TPSA) is 52.6 Å². The summed E-state index contributed by atoms with van der Waals surface area (Å²) in [6.45, 7) is 5.23. The van der Waals surface area contributed by atoms with Crippen LogP contribution in [0.5, 0.6) is 0 Å². The minimum Gasteiger partial charge on any atom is -0.457 e. The van der Waals surface area contributed by atoms with Crippen LogP contribution in [0.15, 0.2) is 23.5 Å². The molecular weight excluding hydrogens is 497 g/mol. The first-order valence-electron chi connectivity index (χ1n) is 12.1. The van der Waals surface area contributed by atoms with E-state index in [-0.39, 0.29) is 29.6 Å². The second-order valence-electron chi connectivity index (χ2n) is 11.1. The largest absolute Gasteiger partial charge is 0.460 e. The number of allylic oxidation sites excluding steroid dienone is 4. The van der Waals surface area contributed by atoms with Crippen LogP contribution in [0.4, 0.5) is 30.7 Å². The predicted octanol–water partition coefficient (Wildman–Crippen LogP) is 6.75. The highest BCUT2D eigenvalue weighted by Crippen LogP contribution is 2.65. The van der Waals surface area contributed by atoms with Gasteiger partial charge in [-0.05, 0) is 73.3 Å². The molecule has 11 heteroatoms. The molecule has 0 amide bonds. The molecule has 2 fully saturated rings. The average molecular weight is 526 g/mol. The van der Waals surface area contributed by atoms with Gasteiger partial charge in [0.25, 0.3) is 0 Å². The van der Waals surface area contributed by atoms with E-state index < -0.39 is 41.5 Å². The summed E-state index contributed by atoms with van der Waals surface area (Å²) in [5.74, 6) is -14.9. The van der Waals surface area contributed by atoms with Crippen molar-refractivity contribution in [3.05, 3.63) is 23.5 Å². The molecule has 0 heterocycles. The molecular formula is C25H29F7O4. The van der Waals surface area contributed by atoms with Gasteiger partial charge < -0.3 is 9.47 Å². The Morgan fingerprint density at radius 1 is 0.972 bits per heavy atom. The molecule has 0 saturated heterocycles. The summed E-state index contributed by atoms with van der Waals surface area (Å²) < 4.78 is 102. The van der Waals surface area contributed by atoms with Crippen molar-refractivity contribution in [3.8, 4) is 0 Å². The molecule has 0 bridgehead atoms. The number of hydrogen-bond donors (Lipinski definition) is 0. The number of hydrogen-bond acceptors (Lipinski definition) is 4. The van der Waals surface area contributed by atoms with Crippen LogP contribution in [0.25, 0.3) is 0 Å². The second-order valence-corrected chi connectivity index (χ2v) is 11.1. The first-order chi connectivity index (χ1) is 16.4. The van der Waals surface area contributed by atoms with Crippen LogP contribution in [0.2, 0.25) is 0 Å². The molecule has 4 rings (SSSR count). The molecule has 0 aromatic rings. The highest BCUT2D eigenvalue weighted by Gasteiger charge is 2.77. The molecule has 2 saturated carbocycles. The number of fused-ring (bicyclic) bond motifs is 5. The fraction of sp³-hybridized carbons (Fsp3) is 0.760. The molecule has 0 unspecified atom stereocenters. The van der Waals surface area contributed by atoms with Crippen LogP contribution in [0.3, 0.4) is 0 Å². The van der Waals surface area contributed by atoms with Crippen molar-refractivity contribution >= 4 is 11.9 Å². The first kappa shape index (κ1) is 27.0. The summed E-state index contributed by atoms with van der Waals surface area (Å²) in [6, 6.07) is 0. The first-order valence-corrected chi connectivity index (χ1v) is 12.1. The molecule has 0 aromatic carbocycles. The third-order valence-corrected chi connectivity index (χ3v) is 9.18. The van der Waals surface area contributed by atoms with Gasteiger partial charge in [0.05, 0.1) is 0 Å². The van der Waals surface area contributed by atoms with Gasteiger partial charge in [-0.15, -0.1) is 0 Å². The number of halogens is 7. The predicted molar refractivity (Wildman–Crippen MR) is 113 cm³/mol. The summed E-state index contributed by atoms with van der Waals surface area (Å²) in [4.78, 5) is 23.3. The molecule has 202 valence electrons. The highest BCUT2D eigenvalue weighted by molar-refractivity contribution is 5.79. The van der Waals surface area contributed by atoms with Crippen molar-refractivity contribution in [2.45, 2.75) is 89.8 Å². The summed E-state index contributed by atoms with van der Waals surface area (Å²) in [5.41, 5.74) is 0.0600. The van der Waals surface area contributed by atoms with Crippen molar-refractivity contribution in [3.63, 3.8) is 0 Å². The fourth-order valence-corrected chi connectivity index (χ4v) is 7.22. The number of alkyl halides is 7. The number of ether oxygens (including phenoxy) is 2. The van der Waals surface area contributed by atoms with Crippen molar-refractivity contribution in [1.82, 2.24) is 0 Å². The zero-order valence-electron chi connectivity index (χ0n) is 20.2. The van der Waals surface area contributed by atoms with Crippen molar-refractivity contribution < 1.29 is 49.8 Å². The molecule has 0 spiro atoms. The van der Waals surface area contributed by atoms with E-state index in [0.29, 0.717) is 37.9 Å². The quantitative estimate of drug-likeness (QED) is 0.300. The third-order valence-electron chi connectivity index (χ3n) is 9.18. The average Bonchev–Trinajstić information content (AvgIpc) is 3.09. The maximum absolute atomic E-state index is 13.9. The van der Waals surface area contributed by atoms with Gasteiger partial charge in [-0.25, -0.2) is 4.79 Å². The number of carbonyl (C=O) groups is 2. The Balaban J connectivity index is 1.53. The standard InChI is InChI=1S/C25H29F7O4/c1-13(33)35-15-8-10-21(2)14(12-15)4-5-16-17-6-7-19(22(17,3)11-9-18(16)21)36-20(34)23(26,27)24(28,29)25(30,31)32/h4,12,16-19H,5-11H2,1-3H3/t16-,17-,18-,19-,21-,22-/m0/s1. The molecule has 36 heavy (non-hydrogen) atoms. The van der Waals surface area contributed by atoms with E-state index in [2.05, 4.69) is 13.0 Å². The Morgan fingerprint density at radius 2 is 1.64 bits per heavy atom. The monoisotopic (exact) mass is 526 g/mol. The zero-order valence-corrected chi connectivity index (χ0v) is 20.2. The molecule has 6 atom stereocenters. The molecule has 0 N–H and O–H groups in total. The molecule has 0 aliphatic heterocycles. The van der Waals surface area contributed by atoms with Gasteiger partial charge in [-0.1, -0.05) is 19.9 Å². The normalized spacial score (nSPS) is 36.6. The van der Waals surface area contributed by atoms with E-state index in [9.17, 15) is 40.3 Å². The fourth-order valence-electron chi connectivity index (χ4n) is 7.22. The van der Waals surface area contributed by atoms with E-state index >= 15 is 0 Å². The zero-order chi connectivity index (χ0) is 26.9. The number of rotatable bonds is 4. The van der Waals surface area contributed by atoms with Gasteiger partial charge in [-0.2, -0.15) is 30.7 Å². The van der Waals surface area contributed by atoms with Gasteiger partial charge in [0.2, 0.25) is 0 Å². The molecule has 0 radical (unpaired) electrons. The molecule has 0 aromatic heterocycles.